The minimum atomic E-state index is -5.08. The van der Waals surface area contributed by atoms with Gasteiger partial charge in [0.1, 0.15) is 0 Å². The van der Waals surface area contributed by atoms with Gasteiger partial charge in [-0.05, 0) is 36.8 Å². The van der Waals surface area contributed by atoms with E-state index in [0.717, 1.165) is 45.8 Å². The Balaban J connectivity index is 0.000000279. The van der Waals surface area contributed by atoms with Crippen LogP contribution in [0.5, 0.6) is 0 Å². The molecule has 3 atom stereocenters. The van der Waals surface area contributed by atoms with Gasteiger partial charge < -0.3 is 24.1 Å². The second-order valence-corrected chi connectivity index (χ2v) is 7.34. The third kappa shape index (κ3) is 4.85. The van der Waals surface area contributed by atoms with Gasteiger partial charge in [0.15, 0.2) is 5.76 Å². The van der Waals surface area contributed by atoms with Crippen LogP contribution in [0.25, 0.3) is 0 Å². The van der Waals surface area contributed by atoms with Crippen molar-refractivity contribution in [3.8, 4) is 0 Å². The molecule has 0 saturated carbocycles. The van der Waals surface area contributed by atoms with Gasteiger partial charge in [0.2, 0.25) is 0 Å². The number of carboxylic acids is 1. The molecule has 1 aromatic rings. The molecule has 7 nitrogen and oxygen atoms in total. The van der Waals surface area contributed by atoms with Crippen LogP contribution in [0.1, 0.15) is 23.4 Å². The molecule has 4 heterocycles. The summed E-state index contributed by atoms with van der Waals surface area (Å²) in [6.45, 7) is 5.94. The van der Waals surface area contributed by atoms with Crippen molar-refractivity contribution >= 4 is 11.9 Å². The number of likely N-dealkylation sites (tertiary alicyclic amines) is 2. The second-order valence-electron chi connectivity index (χ2n) is 7.34. The second kappa shape index (κ2) is 8.52. The smallest absolute Gasteiger partial charge is 0.475 e. The number of ether oxygens (including phenoxy) is 1. The van der Waals surface area contributed by atoms with Crippen LogP contribution in [0.3, 0.4) is 0 Å². The fourth-order valence-corrected chi connectivity index (χ4v) is 4.08. The molecule has 28 heavy (non-hydrogen) atoms. The molecule has 0 spiro atoms. The summed E-state index contributed by atoms with van der Waals surface area (Å²) in [6.07, 6.45) is -1.21. The first kappa shape index (κ1) is 20.7. The van der Waals surface area contributed by atoms with Gasteiger partial charge >= 0.3 is 12.1 Å². The first-order chi connectivity index (χ1) is 13.3. The lowest BCUT2D eigenvalue weighted by atomic mass is 10.1. The molecule has 10 heteroatoms. The lowest BCUT2D eigenvalue weighted by molar-refractivity contribution is -0.192. The average molecular weight is 404 g/mol. The Kier molecular flexibility index (Phi) is 6.29. The van der Waals surface area contributed by atoms with Gasteiger partial charge in [-0.25, -0.2) is 4.79 Å². The van der Waals surface area contributed by atoms with Crippen molar-refractivity contribution in [2.24, 2.45) is 11.8 Å². The van der Waals surface area contributed by atoms with Crippen molar-refractivity contribution in [3.05, 3.63) is 24.2 Å². The quantitative estimate of drug-likeness (QED) is 0.831. The van der Waals surface area contributed by atoms with Gasteiger partial charge in [-0.15, -0.1) is 0 Å². The van der Waals surface area contributed by atoms with Crippen LogP contribution in [0.4, 0.5) is 13.2 Å². The van der Waals surface area contributed by atoms with Gasteiger partial charge in [-0.3, -0.25) is 4.79 Å². The highest BCUT2D eigenvalue weighted by Crippen LogP contribution is 2.33. The molecule has 1 aromatic heterocycles. The Hall–Kier alpha value is -2.07. The molecule has 1 unspecified atom stereocenters. The maximum Gasteiger partial charge on any atom is 0.490 e. The van der Waals surface area contributed by atoms with Gasteiger partial charge in [-0.1, -0.05) is 0 Å². The van der Waals surface area contributed by atoms with E-state index in [1.165, 1.54) is 6.42 Å². The predicted molar refractivity (Wildman–Crippen MR) is 90.7 cm³/mol. The maximum absolute atomic E-state index is 12.5. The highest BCUT2D eigenvalue weighted by molar-refractivity contribution is 5.92. The number of furan rings is 1. The zero-order chi connectivity index (χ0) is 20.3. The highest BCUT2D eigenvalue weighted by atomic mass is 19.4. The molecule has 3 aliphatic rings. The van der Waals surface area contributed by atoms with Crippen LogP contribution in [-0.2, 0) is 9.53 Å². The molecule has 3 saturated heterocycles. The topological polar surface area (TPSA) is 83.2 Å². The molecular weight excluding hydrogens is 381 g/mol. The molecular formula is C18H23F3N2O5. The fourth-order valence-electron chi connectivity index (χ4n) is 4.08. The standard InChI is InChI=1S/C16H22N2O3.C2HF3O2/c19-16(15-2-1-6-21-15)18-5-3-13-9-17(10-14(13)18)8-12-4-7-20-11-12;3-2(4,5)1(6)7/h1-2,6,12-14H,3-5,7-11H2;(H,6,7)/t12?,13-,14+;/m0./s1. The van der Waals surface area contributed by atoms with Gasteiger partial charge in [0.25, 0.3) is 5.91 Å². The number of carbonyl (C=O) groups is 2. The Morgan fingerprint density at radius 3 is 2.57 bits per heavy atom. The van der Waals surface area contributed by atoms with Crippen LogP contribution in [-0.4, -0.2) is 78.4 Å². The normalized spacial score (nSPS) is 27.4. The van der Waals surface area contributed by atoms with E-state index >= 15 is 0 Å². The van der Waals surface area contributed by atoms with Gasteiger partial charge in [0, 0.05) is 38.8 Å². The van der Waals surface area contributed by atoms with Crippen molar-refractivity contribution < 1.29 is 37.0 Å². The van der Waals surface area contributed by atoms with Crippen LogP contribution in [0.2, 0.25) is 0 Å². The summed E-state index contributed by atoms with van der Waals surface area (Å²) >= 11 is 0. The number of carbonyl (C=O) groups excluding carboxylic acids is 1. The Labute approximate surface area is 160 Å². The van der Waals surface area contributed by atoms with Gasteiger partial charge in [-0.2, -0.15) is 13.2 Å². The molecule has 4 rings (SSSR count). The molecule has 0 radical (unpaired) electrons. The van der Waals surface area contributed by atoms with Crippen molar-refractivity contribution in [1.29, 1.82) is 0 Å². The zero-order valence-corrected chi connectivity index (χ0v) is 15.2. The number of amides is 1. The number of fused-ring (bicyclic) bond motifs is 1. The summed E-state index contributed by atoms with van der Waals surface area (Å²) in [7, 11) is 0. The minimum Gasteiger partial charge on any atom is -0.475 e. The summed E-state index contributed by atoms with van der Waals surface area (Å²) < 4.78 is 42.5. The van der Waals surface area contributed by atoms with E-state index in [2.05, 4.69) is 4.90 Å². The molecule has 1 amide bonds. The van der Waals surface area contributed by atoms with Crippen LogP contribution < -0.4 is 0 Å². The Morgan fingerprint density at radius 1 is 1.25 bits per heavy atom. The minimum absolute atomic E-state index is 0.0542. The van der Waals surface area contributed by atoms with E-state index in [0.29, 0.717) is 23.6 Å². The van der Waals surface area contributed by atoms with Gasteiger partial charge in [0.05, 0.1) is 12.9 Å². The highest BCUT2D eigenvalue weighted by Gasteiger charge is 2.44. The van der Waals surface area contributed by atoms with E-state index in [-0.39, 0.29) is 5.91 Å². The third-order valence-electron chi connectivity index (χ3n) is 5.40. The zero-order valence-electron chi connectivity index (χ0n) is 15.2. The summed E-state index contributed by atoms with van der Waals surface area (Å²) in [6, 6.07) is 3.91. The summed E-state index contributed by atoms with van der Waals surface area (Å²) in [5.41, 5.74) is 0. The first-order valence-corrected chi connectivity index (χ1v) is 9.20. The van der Waals surface area contributed by atoms with Crippen molar-refractivity contribution in [2.45, 2.75) is 25.1 Å². The predicted octanol–water partition coefficient (Wildman–Crippen LogP) is 2.10. The van der Waals surface area contributed by atoms with Crippen molar-refractivity contribution in [1.82, 2.24) is 9.80 Å². The number of rotatable bonds is 3. The summed E-state index contributed by atoms with van der Waals surface area (Å²) in [4.78, 5) is 25.9. The number of hydrogen-bond acceptors (Lipinski definition) is 5. The summed E-state index contributed by atoms with van der Waals surface area (Å²) in [5, 5.41) is 7.12. The number of hydrogen-bond donors (Lipinski definition) is 1. The van der Waals surface area contributed by atoms with Crippen molar-refractivity contribution in [2.75, 3.05) is 39.4 Å². The molecule has 0 bridgehead atoms. The molecule has 0 aromatic carbocycles. The van der Waals surface area contributed by atoms with Crippen LogP contribution in [0.15, 0.2) is 22.8 Å². The van der Waals surface area contributed by atoms with Crippen LogP contribution in [0, 0.1) is 11.8 Å². The Bertz CT molecular complexity index is 673. The van der Waals surface area contributed by atoms with E-state index in [1.54, 1.807) is 18.4 Å². The molecule has 1 N–H and O–H groups in total. The fraction of sp³-hybridized carbons (Fsp3) is 0.667. The molecule has 3 fully saturated rings. The first-order valence-electron chi connectivity index (χ1n) is 9.20. The number of halogens is 3. The number of nitrogens with zero attached hydrogens (tertiary/aromatic N) is 2. The van der Waals surface area contributed by atoms with Crippen LogP contribution >= 0.6 is 0 Å². The SMILES string of the molecule is O=C(O)C(F)(F)F.O=C(c1ccco1)N1CC[C@H]2CN(CC3CCOC3)C[C@H]21. The number of alkyl halides is 3. The lowest BCUT2D eigenvalue weighted by Crippen LogP contribution is -2.40. The van der Waals surface area contributed by atoms with E-state index < -0.39 is 12.1 Å². The molecule has 0 aliphatic carbocycles. The van der Waals surface area contributed by atoms with E-state index in [4.69, 9.17) is 19.1 Å². The Morgan fingerprint density at radius 2 is 2.00 bits per heavy atom. The average Bonchev–Trinajstić information content (AvgIpc) is 3.40. The lowest BCUT2D eigenvalue weighted by Gasteiger charge is -2.25. The van der Waals surface area contributed by atoms with Crippen molar-refractivity contribution in [3.63, 3.8) is 0 Å². The van der Waals surface area contributed by atoms with E-state index in [1.807, 2.05) is 4.90 Å². The largest absolute Gasteiger partial charge is 0.490 e. The molecule has 3 aliphatic heterocycles. The number of carboxylic acid groups (broad SMARTS) is 1. The number of aliphatic carboxylic acids is 1. The summed E-state index contributed by atoms with van der Waals surface area (Å²) in [5.74, 6) is -0.923. The third-order valence-corrected chi connectivity index (χ3v) is 5.40. The van der Waals surface area contributed by atoms with E-state index in [9.17, 15) is 18.0 Å². The monoisotopic (exact) mass is 404 g/mol. The maximum atomic E-state index is 12.5. The molecule has 156 valence electrons.